The summed E-state index contributed by atoms with van der Waals surface area (Å²) in [5.74, 6) is -2.55. The number of carbonyl (C=O) groups excluding carboxylic acids is 3. The van der Waals surface area contributed by atoms with E-state index in [1.54, 1.807) is 51.9 Å². The second-order valence-corrected chi connectivity index (χ2v) is 12.9. The second kappa shape index (κ2) is 10.5. The number of benzene rings is 1. The molecule has 3 saturated heterocycles. The Bertz CT molecular complexity index is 1110. The number of aliphatic hydroxyl groups excluding tert-OH is 1. The Balaban J connectivity index is 1.86. The number of hydrogen-bond donors (Lipinski definition) is 1. The van der Waals surface area contributed by atoms with Gasteiger partial charge in [-0.05, 0) is 37.8 Å². The van der Waals surface area contributed by atoms with E-state index < -0.39 is 39.4 Å². The third kappa shape index (κ3) is 4.31. The summed E-state index contributed by atoms with van der Waals surface area (Å²) in [6.45, 7) is 13.2. The van der Waals surface area contributed by atoms with Gasteiger partial charge in [-0.25, -0.2) is 0 Å². The highest BCUT2D eigenvalue weighted by Crippen LogP contribution is 2.72. The summed E-state index contributed by atoms with van der Waals surface area (Å²) in [6.07, 6.45) is 4.40. The predicted octanol–water partition coefficient (Wildman–Crippen LogP) is 4.09. The van der Waals surface area contributed by atoms with E-state index in [9.17, 15) is 19.5 Å². The molecule has 7 nitrogen and oxygen atoms in total. The first-order valence-corrected chi connectivity index (χ1v) is 13.8. The maximum atomic E-state index is 14.6. The topological polar surface area (TPSA) is 87.1 Å². The van der Waals surface area contributed by atoms with Crippen LogP contribution in [-0.4, -0.2) is 69.1 Å². The van der Waals surface area contributed by atoms with Gasteiger partial charge < -0.3 is 19.6 Å². The normalized spacial score (nSPS) is 30.8. The van der Waals surface area contributed by atoms with Crippen LogP contribution in [0.5, 0.6) is 0 Å². The molecule has 2 unspecified atom stereocenters. The van der Waals surface area contributed by atoms with E-state index in [1.807, 2.05) is 20.8 Å². The molecule has 0 radical (unpaired) electrons. The van der Waals surface area contributed by atoms with E-state index >= 15 is 0 Å². The van der Waals surface area contributed by atoms with E-state index in [0.717, 1.165) is 0 Å². The quantitative estimate of drug-likeness (QED) is 0.351. The van der Waals surface area contributed by atoms with Gasteiger partial charge in [-0.1, -0.05) is 56.3 Å². The van der Waals surface area contributed by atoms with Crippen molar-refractivity contribution in [3.8, 4) is 0 Å². The summed E-state index contributed by atoms with van der Waals surface area (Å²) in [5, 5.41) is 10.8. The summed E-state index contributed by atoms with van der Waals surface area (Å²) in [4.78, 5) is 45.3. The molecule has 3 fully saturated rings. The average Bonchev–Trinajstić information content (AvgIpc) is 3.42. The first kappa shape index (κ1) is 27.7. The van der Waals surface area contributed by atoms with Crippen molar-refractivity contribution < 1.29 is 24.2 Å². The molecule has 4 rings (SSSR count). The highest BCUT2D eigenvalue weighted by atomic mass is 35.5. The molecule has 1 aromatic rings. The molecule has 2 amide bonds. The maximum absolute atomic E-state index is 14.6. The zero-order valence-corrected chi connectivity index (χ0v) is 23.1. The Morgan fingerprint density at radius 2 is 2.00 bits per heavy atom. The fourth-order valence-corrected chi connectivity index (χ4v) is 9.03. The van der Waals surface area contributed by atoms with Gasteiger partial charge >= 0.3 is 5.97 Å². The average molecular weight is 547 g/mol. The molecule has 3 aliphatic heterocycles. The largest absolute Gasteiger partial charge is 0.461 e. The van der Waals surface area contributed by atoms with Crippen LogP contribution in [0.1, 0.15) is 33.6 Å². The summed E-state index contributed by atoms with van der Waals surface area (Å²) in [7, 11) is 0. The molecule has 1 aromatic carbocycles. The number of ether oxygens (including phenoxy) is 1. The summed E-state index contributed by atoms with van der Waals surface area (Å²) in [6, 6.07) is 5.60. The first-order valence-electron chi connectivity index (χ1n) is 12.7. The Kier molecular flexibility index (Phi) is 7.84. The molecule has 37 heavy (non-hydrogen) atoms. The van der Waals surface area contributed by atoms with Gasteiger partial charge in [0.25, 0.3) is 5.91 Å². The lowest BCUT2D eigenvalue weighted by Crippen LogP contribution is -2.58. The lowest BCUT2D eigenvalue weighted by Gasteiger charge is -2.40. The van der Waals surface area contributed by atoms with Gasteiger partial charge in [-0.2, -0.15) is 0 Å². The molecule has 1 spiro atoms. The summed E-state index contributed by atoms with van der Waals surface area (Å²) >= 11 is 8.07. The minimum atomic E-state index is -0.884. The lowest BCUT2D eigenvalue weighted by molar-refractivity contribution is -0.155. The van der Waals surface area contributed by atoms with Crippen molar-refractivity contribution in [2.75, 3.05) is 24.7 Å². The van der Waals surface area contributed by atoms with E-state index in [0.29, 0.717) is 23.6 Å². The van der Waals surface area contributed by atoms with Gasteiger partial charge in [-0.3, -0.25) is 14.4 Å². The van der Waals surface area contributed by atoms with Gasteiger partial charge in [0.2, 0.25) is 5.91 Å². The standard InChI is InChI=1S/C28H35ClN2O5S/c1-6-14-30(19-11-9-8-10-18(19)29)25(34)23-28-13-12-27(5,37-28)22(26(35)36-15-7-2)21(28)24(33)31(23)20(16-32)17(3)4/h6-11,17,20-23,32H,1-2,12-16H2,3-5H3/t20-,21-,22-,23?,27+,28?/m0/s1. The van der Waals surface area contributed by atoms with E-state index in [2.05, 4.69) is 13.2 Å². The van der Waals surface area contributed by atoms with Crippen molar-refractivity contribution in [1.82, 2.24) is 4.90 Å². The van der Waals surface area contributed by atoms with Crippen LogP contribution in [0, 0.1) is 17.8 Å². The number of amides is 2. The van der Waals surface area contributed by atoms with Crippen molar-refractivity contribution in [3.05, 3.63) is 54.6 Å². The second-order valence-electron chi connectivity index (χ2n) is 10.6. The molecule has 3 aliphatic rings. The molecule has 200 valence electrons. The number of esters is 1. The van der Waals surface area contributed by atoms with E-state index in [-0.39, 0.29) is 37.5 Å². The highest BCUT2D eigenvalue weighted by molar-refractivity contribution is 8.02. The SMILES string of the molecule is C=CCOC(=O)[C@@H]1[C@H]2C(=O)N([C@@H](CO)C(C)C)C(C(=O)N(CC=C)c3ccccc3Cl)C23CC[C@@]1(C)S3. The number of rotatable bonds is 10. The van der Waals surface area contributed by atoms with E-state index in [1.165, 1.54) is 6.08 Å². The van der Waals surface area contributed by atoms with Crippen LogP contribution >= 0.6 is 23.4 Å². The van der Waals surface area contributed by atoms with Crippen molar-refractivity contribution >= 4 is 46.8 Å². The third-order valence-corrected chi connectivity index (χ3v) is 10.4. The van der Waals surface area contributed by atoms with Gasteiger partial charge in [-0.15, -0.1) is 18.3 Å². The van der Waals surface area contributed by atoms with Gasteiger partial charge in [0.15, 0.2) is 0 Å². The fraction of sp³-hybridized carbons (Fsp3) is 0.536. The zero-order chi connectivity index (χ0) is 27.1. The Labute approximate surface area is 227 Å². The van der Waals surface area contributed by atoms with Gasteiger partial charge in [0.1, 0.15) is 12.6 Å². The van der Waals surface area contributed by atoms with Crippen LogP contribution in [0.15, 0.2) is 49.6 Å². The van der Waals surface area contributed by atoms with Crippen LogP contribution in [0.25, 0.3) is 0 Å². The Morgan fingerprint density at radius 1 is 1.30 bits per heavy atom. The summed E-state index contributed by atoms with van der Waals surface area (Å²) in [5.41, 5.74) is 0.525. The zero-order valence-electron chi connectivity index (χ0n) is 21.6. The predicted molar refractivity (Wildman–Crippen MR) is 146 cm³/mol. The number of aliphatic hydroxyl groups is 1. The molecule has 9 heteroatoms. The van der Waals surface area contributed by atoms with E-state index in [4.69, 9.17) is 16.3 Å². The highest BCUT2D eigenvalue weighted by Gasteiger charge is 2.78. The number of fused-ring (bicyclic) bond motifs is 1. The summed E-state index contributed by atoms with van der Waals surface area (Å²) < 4.78 is 4.10. The molecule has 6 atom stereocenters. The van der Waals surface area contributed by atoms with Crippen molar-refractivity contribution in [2.24, 2.45) is 17.8 Å². The number of hydrogen-bond acceptors (Lipinski definition) is 6. The molecule has 1 N–H and O–H groups in total. The number of likely N-dealkylation sites (tertiary alicyclic amines) is 1. The molecular weight excluding hydrogens is 512 g/mol. The van der Waals surface area contributed by atoms with Crippen molar-refractivity contribution in [2.45, 2.75) is 55.2 Å². The van der Waals surface area contributed by atoms with Crippen LogP contribution in [-0.2, 0) is 19.1 Å². The van der Waals surface area contributed by atoms with Crippen LogP contribution < -0.4 is 4.90 Å². The van der Waals surface area contributed by atoms with Crippen LogP contribution in [0.3, 0.4) is 0 Å². The molecule has 0 saturated carbocycles. The minimum Gasteiger partial charge on any atom is -0.461 e. The molecule has 3 heterocycles. The number of carbonyl (C=O) groups is 3. The van der Waals surface area contributed by atoms with Gasteiger partial charge in [0.05, 0.1) is 39.9 Å². The number of para-hydroxylation sites is 1. The lowest BCUT2D eigenvalue weighted by atomic mass is 9.66. The Morgan fingerprint density at radius 3 is 2.59 bits per heavy atom. The number of thioether (sulfide) groups is 1. The van der Waals surface area contributed by atoms with Crippen LogP contribution in [0.4, 0.5) is 5.69 Å². The van der Waals surface area contributed by atoms with Crippen LogP contribution in [0.2, 0.25) is 5.02 Å². The van der Waals surface area contributed by atoms with Gasteiger partial charge in [0, 0.05) is 11.3 Å². The Hall–Kier alpha value is -2.29. The maximum Gasteiger partial charge on any atom is 0.311 e. The van der Waals surface area contributed by atoms with Crippen molar-refractivity contribution in [1.29, 1.82) is 0 Å². The molecule has 2 bridgehead atoms. The first-order chi connectivity index (χ1) is 17.6. The third-order valence-electron chi connectivity index (χ3n) is 8.08. The molecule has 0 aromatic heterocycles. The molecular formula is C28H35ClN2O5S. The number of anilines is 1. The fourth-order valence-electron chi connectivity index (χ4n) is 6.46. The molecule has 0 aliphatic carbocycles. The minimum absolute atomic E-state index is 0.0565. The number of halogens is 1. The smallest absolute Gasteiger partial charge is 0.311 e. The number of nitrogens with zero attached hydrogens (tertiary/aromatic N) is 2. The van der Waals surface area contributed by atoms with Crippen molar-refractivity contribution in [3.63, 3.8) is 0 Å². The monoisotopic (exact) mass is 546 g/mol.